The van der Waals surface area contributed by atoms with Gasteiger partial charge in [0.15, 0.2) is 0 Å². The second-order valence-corrected chi connectivity index (χ2v) is 3.41. The number of nitro benzene ring substituents is 1. The number of nitro groups is 1. The summed E-state index contributed by atoms with van der Waals surface area (Å²) in [4.78, 5) is 21.6. The summed E-state index contributed by atoms with van der Waals surface area (Å²) < 4.78 is 0. The van der Waals surface area contributed by atoms with Crippen molar-refractivity contribution in [2.24, 2.45) is 5.84 Å². The van der Waals surface area contributed by atoms with Gasteiger partial charge in [-0.2, -0.15) is 0 Å². The van der Waals surface area contributed by atoms with E-state index in [4.69, 9.17) is 5.84 Å². The van der Waals surface area contributed by atoms with Gasteiger partial charge in [0.1, 0.15) is 11.4 Å². The van der Waals surface area contributed by atoms with E-state index in [1.165, 1.54) is 12.1 Å². The number of anilines is 2. The molecule has 0 radical (unpaired) electrons. The summed E-state index contributed by atoms with van der Waals surface area (Å²) in [6.45, 7) is 2.26. The number of carbonyl (C=O) groups is 1. The number of carbonyl (C=O) groups excluding carboxylic acids is 1. The number of benzene rings is 1. The highest BCUT2D eigenvalue weighted by molar-refractivity contribution is 5.83. The maximum Gasteiger partial charge on any atom is 0.316 e. The van der Waals surface area contributed by atoms with Gasteiger partial charge in [-0.15, -0.1) is 0 Å². The minimum Gasteiger partial charge on any atom is -0.370 e. The first kappa shape index (κ1) is 13.7. The molecule has 8 heteroatoms. The molecule has 0 spiro atoms. The van der Waals surface area contributed by atoms with Gasteiger partial charge in [0.2, 0.25) is 5.91 Å². The normalized spacial score (nSPS) is 9.67. The van der Waals surface area contributed by atoms with Crippen molar-refractivity contribution in [1.82, 2.24) is 5.32 Å². The summed E-state index contributed by atoms with van der Waals surface area (Å²) in [6.07, 6.45) is 0. The molecule has 98 valence electrons. The van der Waals surface area contributed by atoms with Crippen molar-refractivity contribution < 1.29 is 9.72 Å². The largest absolute Gasteiger partial charge is 0.370 e. The van der Waals surface area contributed by atoms with Crippen molar-refractivity contribution in [3.63, 3.8) is 0 Å². The van der Waals surface area contributed by atoms with Crippen LogP contribution in [0.5, 0.6) is 0 Å². The van der Waals surface area contributed by atoms with Gasteiger partial charge in [-0.1, -0.05) is 6.07 Å². The standard InChI is InChI=1S/C10H15N5O3/c1-2-12-9(16)6-13-7-4-3-5-8(14-11)10(7)15(17)18/h3-5,13-14H,2,6,11H2,1H3,(H,12,16). The van der Waals surface area contributed by atoms with E-state index in [0.717, 1.165) is 0 Å². The molecule has 18 heavy (non-hydrogen) atoms. The van der Waals surface area contributed by atoms with Crippen molar-refractivity contribution in [2.45, 2.75) is 6.92 Å². The molecule has 0 fully saturated rings. The van der Waals surface area contributed by atoms with Gasteiger partial charge in [-0.3, -0.25) is 20.8 Å². The van der Waals surface area contributed by atoms with E-state index in [1.54, 1.807) is 13.0 Å². The summed E-state index contributed by atoms with van der Waals surface area (Å²) in [7, 11) is 0. The van der Waals surface area contributed by atoms with Gasteiger partial charge in [0, 0.05) is 6.54 Å². The molecule has 1 rings (SSSR count). The Morgan fingerprint density at radius 2 is 2.11 bits per heavy atom. The predicted octanol–water partition coefficient (Wildman–Crippen LogP) is 0.428. The van der Waals surface area contributed by atoms with Crippen LogP contribution in [-0.4, -0.2) is 23.9 Å². The van der Waals surface area contributed by atoms with E-state index in [-0.39, 0.29) is 29.5 Å². The number of amides is 1. The zero-order valence-corrected chi connectivity index (χ0v) is 9.90. The Labute approximate surface area is 104 Å². The average Bonchev–Trinajstić information content (AvgIpc) is 2.35. The Hall–Kier alpha value is -2.35. The van der Waals surface area contributed by atoms with E-state index in [0.29, 0.717) is 6.54 Å². The number of nitrogens with zero attached hydrogens (tertiary/aromatic N) is 1. The third-order valence-corrected chi connectivity index (χ3v) is 2.19. The fourth-order valence-corrected chi connectivity index (χ4v) is 1.43. The Balaban J connectivity index is 2.88. The molecule has 0 bridgehead atoms. The summed E-state index contributed by atoms with van der Waals surface area (Å²) in [6, 6.07) is 4.59. The molecule has 0 atom stereocenters. The second-order valence-electron chi connectivity index (χ2n) is 3.41. The molecule has 0 aliphatic carbocycles. The molecule has 0 heterocycles. The number of likely N-dealkylation sites (N-methyl/N-ethyl adjacent to an activating group) is 1. The van der Waals surface area contributed by atoms with Crippen LogP contribution in [0, 0.1) is 10.1 Å². The van der Waals surface area contributed by atoms with Gasteiger partial charge >= 0.3 is 5.69 Å². The number of para-hydroxylation sites is 1. The Morgan fingerprint density at radius 1 is 1.44 bits per heavy atom. The molecule has 0 saturated carbocycles. The van der Waals surface area contributed by atoms with Crippen LogP contribution in [0.15, 0.2) is 18.2 Å². The Kier molecular flexibility index (Phi) is 4.88. The molecular formula is C10H15N5O3. The van der Waals surface area contributed by atoms with Crippen LogP contribution in [0.2, 0.25) is 0 Å². The minimum absolute atomic E-state index is 0.0390. The molecule has 0 aliphatic rings. The minimum atomic E-state index is -0.560. The van der Waals surface area contributed by atoms with Crippen LogP contribution in [0.25, 0.3) is 0 Å². The summed E-state index contributed by atoms with van der Waals surface area (Å²) in [5.74, 6) is 4.96. The lowest BCUT2D eigenvalue weighted by Crippen LogP contribution is -2.29. The van der Waals surface area contributed by atoms with Crippen molar-refractivity contribution in [3.8, 4) is 0 Å². The Bertz CT molecular complexity index is 449. The molecular weight excluding hydrogens is 238 g/mol. The molecule has 0 saturated heterocycles. The first-order valence-electron chi connectivity index (χ1n) is 5.34. The second kappa shape index (κ2) is 6.40. The van der Waals surface area contributed by atoms with Gasteiger partial charge in [-0.05, 0) is 19.1 Å². The van der Waals surface area contributed by atoms with Crippen molar-refractivity contribution in [3.05, 3.63) is 28.3 Å². The smallest absolute Gasteiger partial charge is 0.316 e. The van der Waals surface area contributed by atoms with E-state index in [1.807, 2.05) is 0 Å². The molecule has 1 amide bonds. The zero-order valence-electron chi connectivity index (χ0n) is 9.90. The van der Waals surface area contributed by atoms with Gasteiger partial charge in [0.25, 0.3) is 0 Å². The third-order valence-electron chi connectivity index (χ3n) is 2.19. The van der Waals surface area contributed by atoms with E-state index in [2.05, 4.69) is 16.1 Å². The topological polar surface area (TPSA) is 122 Å². The average molecular weight is 253 g/mol. The number of nitrogens with one attached hydrogen (secondary N) is 3. The van der Waals surface area contributed by atoms with Gasteiger partial charge in [0.05, 0.1) is 11.5 Å². The van der Waals surface area contributed by atoms with E-state index < -0.39 is 4.92 Å². The monoisotopic (exact) mass is 253 g/mol. The number of nitrogen functional groups attached to an aromatic ring is 1. The highest BCUT2D eigenvalue weighted by Crippen LogP contribution is 2.31. The first-order valence-corrected chi connectivity index (χ1v) is 5.34. The summed E-state index contributed by atoms with van der Waals surface area (Å²) in [5, 5.41) is 16.2. The van der Waals surface area contributed by atoms with Crippen LogP contribution >= 0.6 is 0 Å². The maximum absolute atomic E-state index is 11.3. The molecule has 8 nitrogen and oxygen atoms in total. The quantitative estimate of drug-likeness (QED) is 0.331. The summed E-state index contributed by atoms with van der Waals surface area (Å²) in [5.41, 5.74) is 2.48. The SMILES string of the molecule is CCNC(=O)CNc1cccc(NN)c1[N+](=O)[O-]. The molecule has 0 aromatic heterocycles. The molecule has 0 aliphatic heterocycles. The fraction of sp³-hybridized carbons (Fsp3) is 0.300. The van der Waals surface area contributed by atoms with Crippen molar-refractivity contribution in [1.29, 1.82) is 0 Å². The number of nitrogens with two attached hydrogens (primary N) is 1. The molecule has 5 N–H and O–H groups in total. The van der Waals surface area contributed by atoms with E-state index in [9.17, 15) is 14.9 Å². The third kappa shape index (κ3) is 3.32. The lowest BCUT2D eigenvalue weighted by Gasteiger charge is -2.09. The zero-order chi connectivity index (χ0) is 13.5. The number of hydrazine groups is 1. The predicted molar refractivity (Wildman–Crippen MR) is 68.1 cm³/mol. The van der Waals surface area contributed by atoms with Crippen LogP contribution in [0.3, 0.4) is 0 Å². The maximum atomic E-state index is 11.3. The highest BCUT2D eigenvalue weighted by atomic mass is 16.6. The van der Waals surface area contributed by atoms with Crippen LogP contribution < -0.4 is 21.9 Å². The number of rotatable bonds is 6. The Morgan fingerprint density at radius 3 is 2.67 bits per heavy atom. The molecule has 1 aromatic rings. The number of hydrogen-bond acceptors (Lipinski definition) is 6. The fourth-order valence-electron chi connectivity index (χ4n) is 1.43. The lowest BCUT2D eigenvalue weighted by atomic mass is 10.2. The summed E-state index contributed by atoms with van der Waals surface area (Å²) >= 11 is 0. The van der Waals surface area contributed by atoms with Crippen molar-refractivity contribution in [2.75, 3.05) is 23.8 Å². The van der Waals surface area contributed by atoms with E-state index >= 15 is 0 Å². The highest BCUT2D eigenvalue weighted by Gasteiger charge is 2.19. The lowest BCUT2D eigenvalue weighted by molar-refractivity contribution is -0.383. The first-order chi connectivity index (χ1) is 8.60. The van der Waals surface area contributed by atoms with Gasteiger partial charge < -0.3 is 16.1 Å². The molecule has 0 unspecified atom stereocenters. The molecule has 1 aromatic carbocycles. The van der Waals surface area contributed by atoms with Crippen LogP contribution in [0.1, 0.15) is 6.92 Å². The van der Waals surface area contributed by atoms with Gasteiger partial charge in [-0.25, -0.2) is 0 Å². The van der Waals surface area contributed by atoms with Crippen LogP contribution in [-0.2, 0) is 4.79 Å². The van der Waals surface area contributed by atoms with Crippen LogP contribution in [0.4, 0.5) is 17.1 Å². The number of hydrogen-bond donors (Lipinski definition) is 4. The van der Waals surface area contributed by atoms with Crippen molar-refractivity contribution >= 4 is 23.0 Å².